The lowest BCUT2D eigenvalue weighted by Crippen LogP contribution is -2.48. The van der Waals surface area contributed by atoms with Crippen molar-refractivity contribution in [3.05, 3.63) is 35.9 Å². The molecular formula is C19H32N2. The standard InChI is InChI=1S/C19H32N2/c1-4-8-15(2)21(3)19-13-17(11-12-18(19)14-20)16-9-6-5-7-10-16/h5-7,9-10,15,17-19H,4,8,11-14,20H2,1-3H3. The van der Waals surface area contributed by atoms with Crippen molar-refractivity contribution in [2.75, 3.05) is 13.6 Å². The van der Waals surface area contributed by atoms with E-state index in [0.717, 1.165) is 6.54 Å². The van der Waals surface area contributed by atoms with Crippen LogP contribution >= 0.6 is 0 Å². The zero-order valence-electron chi connectivity index (χ0n) is 14.0. The molecule has 0 spiro atoms. The second-order valence-corrected chi connectivity index (χ2v) is 6.79. The average molecular weight is 288 g/mol. The van der Waals surface area contributed by atoms with Crippen LogP contribution in [0, 0.1) is 5.92 Å². The van der Waals surface area contributed by atoms with Crippen molar-refractivity contribution in [1.82, 2.24) is 4.90 Å². The van der Waals surface area contributed by atoms with E-state index in [1.165, 1.54) is 37.7 Å². The van der Waals surface area contributed by atoms with Gasteiger partial charge in [0.25, 0.3) is 0 Å². The molecule has 1 saturated carbocycles. The molecule has 0 aliphatic heterocycles. The van der Waals surface area contributed by atoms with Gasteiger partial charge in [0.2, 0.25) is 0 Å². The Labute approximate surface area is 130 Å². The van der Waals surface area contributed by atoms with Crippen LogP contribution < -0.4 is 5.73 Å². The third-order valence-electron chi connectivity index (χ3n) is 5.45. The fourth-order valence-corrected chi connectivity index (χ4v) is 3.96. The maximum atomic E-state index is 6.06. The molecular weight excluding hydrogens is 256 g/mol. The Morgan fingerprint density at radius 1 is 1.24 bits per heavy atom. The fourth-order valence-electron chi connectivity index (χ4n) is 3.96. The number of benzene rings is 1. The highest BCUT2D eigenvalue weighted by molar-refractivity contribution is 5.20. The maximum absolute atomic E-state index is 6.06. The van der Waals surface area contributed by atoms with Crippen molar-refractivity contribution < 1.29 is 0 Å². The third-order valence-corrected chi connectivity index (χ3v) is 5.45. The first-order chi connectivity index (χ1) is 10.2. The van der Waals surface area contributed by atoms with Crippen molar-refractivity contribution in [3.8, 4) is 0 Å². The molecule has 0 amide bonds. The molecule has 2 heteroatoms. The molecule has 118 valence electrons. The van der Waals surface area contributed by atoms with Gasteiger partial charge in [-0.25, -0.2) is 0 Å². The van der Waals surface area contributed by atoms with Crippen LogP contribution in [-0.4, -0.2) is 30.6 Å². The number of hydrogen-bond acceptors (Lipinski definition) is 2. The summed E-state index contributed by atoms with van der Waals surface area (Å²) in [6.07, 6.45) is 6.35. The number of rotatable bonds is 6. The van der Waals surface area contributed by atoms with Gasteiger partial charge in [0, 0.05) is 12.1 Å². The summed E-state index contributed by atoms with van der Waals surface area (Å²) in [5, 5.41) is 0. The second kappa shape index (κ2) is 7.95. The maximum Gasteiger partial charge on any atom is 0.0141 e. The topological polar surface area (TPSA) is 29.3 Å². The summed E-state index contributed by atoms with van der Waals surface area (Å²) in [5.74, 6) is 1.37. The van der Waals surface area contributed by atoms with E-state index in [9.17, 15) is 0 Å². The molecule has 0 saturated heterocycles. The smallest absolute Gasteiger partial charge is 0.0141 e. The highest BCUT2D eigenvalue weighted by atomic mass is 15.2. The quantitative estimate of drug-likeness (QED) is 0.856. The minimum absolute atomic E-state index is 0.635. The average Bonchev–Trinajstić information content (AvgIpc) is 2.54. The van der Waals surface area contributed by atoms with Gasteiger partial charge in [-0.3, -0.25) is 0 Å². The van der Waals surface area contributed by atoms with Crippen molar-refractivity contribution in [3.63, 3.8) is 0 Å². The van der Waals surface area contributed by atoms with E-state index < -0.39 is 0 Å². The summed E-state index contributed by atoms with van der Waals surface area (Å²) < 4.78 is 0. The van der Waals surface area contributed by atoms with E-state index in [-0.39, 0.29) is 0 Å². The SMILES string of the molecule is CCCC(C)N(C)C1CC(c2ccccc2)CCC1CN. The van der Waals surface area contributed by atoms with Gasteiger partial charge >= 0.3 is 0 Å². The molecule has 2 nitrogen and oxygen atoms in total. The van der Waals surface area contributed by atoms with Gasteiger partial charge in [0.15, 0.2) is 0 Å². The Balaban J connectivity index is 2.09. The minimum atomic E-state index is 0.635. The lowest BCUT2D eigenvalue weighted by Gasteiger charge is -2.43. The van der Waals surface area contributed by atoms with E-state index in [0.29, 0.717) is 23.9 Å². The third kappa shape index (κ3) is 4.08. The molecule has 4 unspecified atom stereocenters. The second-order valence-electron chi connectivity index (χ2n) is 6.79. The lowest BCUT2D eigenvalue weighted by molar-refractivity contribution is 0.0863. The van der Waals surface area contributed by atoms with Gasteiger partial charge in [-0.2, -0.15) is 0 Å². The van der Waals surface area contributed by atoms with E-state index >= 15 is 0 Å². The van der Waals surface area contributed by atoms with E-state index in [1.807, 2.05) is 0 Å². The largest absolute Gasteiger partial charge is 0.330 e. The summed E-state index contributed by atoms with van der Waals surface area (Å²) in [5.41, 5.74) is 7.57. The van der Waals surface area contributed by atoms with Crippen LogP contribution in [-0.2, 0) is 0 Å². The molecule has 1 aromatic carbocycles. The van der Waals surface area contributed by atoms with Crippen molar-refractivity contribution >= 4 is 0 Å². The molecule has 4 atom stereocenters. The number of hydrogen-bond donors (Lipinski definition) is 1. The van der Waals surface area contributed by atoms with Crippen LogP contribution in [0.2, 0.25) is 0 Å². The van der Waals surface area contributed by atoms with Gasteiger partial charge in [-0.1, -0.05) is 43.7 Å². The van der Waals surface area contributed by atoms with E-state index in [2.05, 4.69) is 56.1 Å². The van der Waals surface area contributed by atoms with Crippen LogP contribution in [0.25, 0.3) is 0 Å². The summed E-state index contributed by atoms with van der Waals surface area (Å²) in [6, 6.07) is 12.3. The Hall–Kier alpha value is -0.860. The van der Waals surface area contributed by atoms with Gasteiger partial charge in [-0.15, -0.1) is 0 Å². The molecule has 21 heavy (non-hydrogen) atoms. The predicted molar refractivity (Wildman–Crippen MR) is 91.5 cm³/mol. The van der Waals surface area contributed by atoms with Crippen LogP contribution in [0.15, 0.2) is 30.3 Å². The van der Waals surface area contributed by atoms with Crippen LogP contribution in [0.3, 0.4) is 0 Å². The predicted octanol–water partition coefficient (Wildman–Crippen LogP) is 4.02. The molecule has 2 N–H and O–H groups in total. The Bertz CT molecular complexity index is 403. The first-order valence-corrected chi connectivity index (χ1v) is 8.64. The summed E-state index contributed by atoms with van der Waals surface area (Å²) in [4.78, 5) is 2.61. The van der Waals surface area contributed by atoms with Crippen molar-refractivity contribution in [1.29, 1.82) is 0 Å². The molecule has 0 radical (unpaired) electrons. The van der Waals surface area contributed by atoms with Crippen LogP contribution in [0.5, 0.6) is 0 Å². The van der Waals surface area contributed by atoms with Crippen LogP contribution in [0.1, 0.15) is 57.4 Å². The zero-order chi connectivity index (χ0) is 15.2. The van der Waals surface area contributed by atoms with Gasteiger partial charge < -0.3 is 10.6 Å². The molecule has 1 aliphatic rings. The lowest BCUT2D eigenvalue weighted by atomic mass is 9.74. The highest BCUT2D eigenvalue weighted by Crippen LogP contribution is 2.38. The molecule has 1 fully saturated rings. The molecule has 0 aromatic heterocycles. The van der Waals surface area contributed by atoms with Crippen molar-refractivity contribution in [2.24, 2.45) is 11.7 Å². The first kappa shape index (κ1) is 16.5. The van der Waals surface area contributed by atoms with Gasteiger partial charge in [-0.05, 0) is 63.6 Å². The zero-order valence-corrected chi connectivity index (χ0v) is 14.0. The molecule has 2 rings (SSSR count). The van der Waals surface area contributed by atoms with Crippen molar-refractivity contribution in [2.45, 2.75) is 64.0 Å². The molecule has 1 aliphatic carbocycles. The van der Waals surface area contributed by atoms with Gasteiger partial charge in [0.1, 0.15) is 0 Å². The van der Waals surface area contributed by atoms with E-state index in [1.54, 1.807) is 0 Å². The minimum Gasteiger partial charge on any atom is -0.330 e. The molecule has 0 heterocycles. The van der Waals surface area contributed by atoms with E-state index in [4.69, 9.17) is 5.73 Å². The molecule has 1 aromatic rings. The Kier molecular flexibility index (Phi) is 6.25. The monoisotopic (exact) mass is 288 g/mol. The Morgan fingerprint density at radius 3 is 2.57 bits per heavy atom. The first-order valence-electron chi connectivity index (χ1n) is 8.64. The fraction of sp³-hybridized carbons (Fsp3) is 0.684. The summed E-state index contributed by atoms with van der Waals surface area (Å²) in [7, 11) is 2.31. The number of nitrogens with zero attached hydrogens (tertiary/aromatic N) is 1. The summed E-state index contributed by atoms with van der Waals surface area (Å²) >= 11 is 0. The summed E-state index contributed by atoms with van der Waals surface area (Å²) in [6.45, 7) is 5.47. The molecule has 0 bridgehead atoms. The van der Waals surface area contributed by atoms with Gasteiger partial charge in [0.05, 0.1) is 0 Å². The Morgan fingerprint density at radius 2 is 1.95 bits per heavy atom. The number of nitrogens with two attached hydrogens (primary N) is 1. The van der Waals surface area contributed by atoms with Crippen LogP contribution in [0.4, 0.5) is 0 Å². The normalized spacial score (nSPS) is 27.8. The highest BCUT2D eigenvalue weighted by Gasteiger charge is 2.34.